The molecule has 0 N–H and O–H groups in total. The second-order valence-corrected chi connectivity index (χ2v) is 8.33. The number of hydrogen-bond donors (Lipinski definition) is 0. The van der Waals surface area contributed by atoms with Crippen molar-refractivity contribution in [3.63, 3.8) is 0 Å². The molecule has 46 heavy (non-hydrogen) atoms. The standard InChI is InChI=1S/C26H16F14O6/c27-9-11(29)15(33)23(16(34)12(9)30)43-5-1-41-3-7-45-25-19(37)21(39)26(22(40)20(25)38)46-8-4-42-2-6-44-24-17(35)13(31)10(28)14(32)18(24)36/h1-8H2. The molecule has 0 saturated heterocycles. The van der Waals surface area contributed by atoms with Gasteiger partial charge in [-0.1, -0.05) is 0 Å². The zero-order chi connectivity index (χ0) is 34.3. The zero-order valence-corrected chi connectivity index (χ0v) is 22.4. The molecule has 3 rings (SSSR count). The van der Waals surface area contributed by atoms with E-state index >= 15 is 0 Å². The predicted molar refractivity (Wildman–Crippen MR) is 122 cm³/mol. The monoisotopic (exact) mass is 690 g/mol. The Balaban J connectivity index is 1.42. The Morgan fingerprint density at radius 3 is 0.565 bits per heavy atom. The summed E-state index contributed by atoms with van der Waals surface area (Å²) in [5.41, 5.74) is 0. The normalized spacial score (nSPS) is 11.3. The fourth-order valence-electron chi connectivity index (χ4n) is 3.28. The number of hydrogen-bond acceptors (Lipinski definition) is 6. The van der Waals surface area contributed by atoms with Crippen LogP contribution in [0.4, 0.5) is 61.5 Å². The topological polar surface area (TPSA) is 55.4 Å². The highest BCUT2D eigenvalue weighted by molar-refractivity contribution is 5.38. The fraction of sp³-hybridized carbons (Fsp3) is 0.308. The van der Waals surface area contributed by atoms with E-state index < -0.39 is 157 Å². The van der Waals surface area contributed by atoms with Gasteiger partial charge in [0.25, 0.3) is 0 Å². The molecule has 0 fully saturated rings. The minimum Gasteiger partial charge on any atom is -0.485 e. The molecule has 0 aromatic heterocycles. The highest BCUT2D eigenvalue weighted by Gasteiger charge is 2.30. The molecule has 254 valence electrons. The Morgan fingerprint density at radius 1 is 0.217 bits per heavy atom. The quantitative estimate of drug-likeness (QED) is 0.0733. The average molecular weight is 690 g/mol. The van der Waals surface area contributed by atoms with E-state index in [1.54, 1.807) is 0 Å². The first kappa shape index (κ1) is 36.3. The highest BCUT2D eigenvalue weighted by Crippen LogP contribution is 2.35. The molecule has 0 saturated carbocycles. The van der Waals surface area contributed by atoms with Gasteiger partial charge in [-0.15, -0.1) is 0 Å². The van der Waals surface area contributed by atoms with Crippen LogP contribution >= 0.6 is 0 Å². The maximum atomic E-state index is 14.3. The maximum absolute atomic E-state index is 14.3. The van der Waals surface area contributed by atoms with Gasteiger partial charge in [-0.2, -0.15) is 35.1 Å². The summed E-state index contributed by atoms with van der Waals surface area (Å²) in [4.78, 5) is 0. The Bertz CT molecular complexity index is 1370. The first-order valence-corrected chi connectivity index (χ1v) is 12.3. The highest BCUT2D eigenvalue weighted by atomic mass is 19.2. The van der Waals surface area contributed by atoms with E-state index in [9.17, 15) is 61.5 Å². The Morgan fingerprint density at radius 2 is 0.370 bits per heavy atom. The van der Waals surface area contributed by atoms with Crippen LogP contribution in [0.15, 0.2) is 0 Å². The van der Waals surface area contributed by atoms with Gasteiger partial charge in [0.15, 0.2) is 23.0 Å². The Labute approximate surface area is 247 Å². The molecule has 0 spiro atoms. The maximum Gasteiger partial charge on any atom is 0.207 e. The second-order valence-electron chi connectivity index (χ2n) is 8.33. The molecule has 6 nitrogen and oxygen atoms in total. The number of rotatable bonds is 16. The van der Waals surface area contributed by atoms with Gasteiger partial charge in [0.05, 0.1) is 26.4 Å². The number of benzene rings is 3. The molecule has 0 aliphatic heterocycles. The van der Waals surface area contributed by atoms with Gasteiger partial charge < -0.3 is 28.4 Å². The largest absolute Gasteiger partial charge is 0.485 e. The number of halogens is 14. The van der Waals surface area contributed by atoms with E-state index in [2.05, 4.69) is 18.9 Å². The molecule has 20 heteroatoms. The minimum atomic E-state index is -2.40. The van der Waals surface area contributed by atoms with Crippen molar-refractivity contribution in [2.45, 2.75) is 0 Å². The van der Waals surface area contributed by atoms with Gasteiger partial charge in [-0.3, -0.25) is 0 Å². The Kier molecular flexibility index (Phi) is 12.5. The summed E-state index contributed by atoms with van der Waals surface area (Å²) in [7, 11) is 0. The van der Waals surface area contributed by atoms with E-state index in [1.165, 1.54) is 0 Å². The average Bonchev–Trinajstić information content (AvgIpc) is 3.04. The molecular formula is C26H16F14O6. The molecule has 3 aromatic carbocycles. The molecule has 0 amide bonds. The van der Waals surface area contributed by atoms with Crippen LogP contribution in [0, 0.1) is 81.4 Å². The first-order chi connectivity index (χ1) is 21.7. The van der Waals surface area contributed by atoms with Crippen molar-refractivity contribution in [2.75, 3.05) is 52.9 Å². The van der Waals surface area contributed by atoms with Crippen LogP contribution in [-0.2, 0) is 9.47 Å². The molecule has 0 aliphatic carbocycles. The van der Waals surface area contributed by atoms with E-state index in [4.69, 9.17) is 9.47 Å². The van der Waals surface area contributed by atoms with Crippen molar-refractivity contribution >= 4 is 0 Å². The summed E-state index contributed by atoms with van der Waals surface area (Å²) < 4.78 is 218. The van der Waals surface area contributed by atoms with Gasteiger partial charge >= 0.3 is 0 Å². The fourth-order valence-corrected chi connectivity index (χ4v) is 3.28. The minimum absolute atomic E-state index is 0.575. The van der Waals surface area contributed by atoms with E-state index in [1.807, 2.05) is 0 Å². The van der Waals surface area contributed by atoms with Gasteiger partial charge in [-0.05, 0) is 0 Å². The lowest BCUT2D eigenvalue weighted by molar-refractivity contribution is 0.0688. The van der Waals surface area contributed by atoms with Crippen LogP contribution in [0.1, 0.15) is 0 Å². The van der Waals surface area contributed by atoms with Gasteiger partial charge in [0, 0.05) is 0 Å². The van der Waals surface area contributed by atoms with Crippen molar-refractivity contribution < 1.29 is 89.9 Å². The van der Waals surface area contributed by atoms with Crippen molar-refractivity contribution in [3.05, 3.63) is 81.4 Å². The van der Waals surface area contributed by atoms with E-state index in [0.29, 0.717) is 0 Å². The van der Waals surface area contributed by atoms with Crippen LogP contribution in [0.2, 0.25) is 0 Å². The first-order valence-electron chi connectivity index (χ1n) is 12.3. The molecule has 0 heterocycles. The zero-order valence-electron chi connectivity index (χ0n) is 22.4. The van der Waals surface area contributed by atoms with Crippen molar-refractivity contribution in [3.8, 4) is 23.0 Å². The lowest BCUT2D eigenvalue weighted by Crippen LogP contribution is -2.16. The summed E-state index contributed by atoms with van der Waals surface area (Å²) in [5, 5.41) is 0. The van der Waals surface area contributed by atoms with Crippen molar-refractivity contribution in [1.82, 2.24) is 0 Å². The van der Waals surface area contributed by atoms with Gasteiger partial charge in [0.2, 0.25) is 81.4 Å². The van der Waals surface area contributed by atoms with E-state index in [-0.39, 0.29) is 0 Å². The Hall–Kier alpha value is -4.20. The van der Waals surface area contributed by atoms with Gasteiger partial charge in [-0.25, -0.2) is 26.3 Å². The lowest BCUT2D eigenvalue weighted by Gasteiger charge is -2.14. The molecule has 3 aromatic rings. The van der Waals surface area contributed by atoms with Crippen molar-refractivity contribution in [1.29, 1.82) is 0 Å². The summed E-state index contributed by atoms with van der Waals surface area (Å²) in [5.74, 6) is -37.2. The molecule has 0 aliphatic rings. The molecule has 0 atom stereocenters. The SMILES string of the molecule is Fc1c(F)c(F)c(OCCOCCOc2c(F)c(F)c(OCCOCCOc3c(F)c(F)c(F)c(F)c3F)c(F)c2F)c(F)c1F. The lowest BCUT2D eigenvalue weighted by atomic mass is 10.2. The summed E-state index contributed by atoms with van der Waals surface area (Å²) in [6.45, 7) is -5.37. The smallest absolute Gasteiger partial charge is 0.207 e. The summed E-state index contributed by atoms with van der Waals surface area (Å²) >= 11 is 0. The van der Waals surface area contributed by atoms with Crippen LogP contribution in [0.25, 0.3) is 0 Å². The van der Waals surface area contributed by atoms with Crippen LogP contribution < -0.4 is 18.9 Å². The van der Waals surface area contributed by atoms with Gasteiger partial charge in [0.1, 0.15) is 26.4 Å². The van der Waals surface area contributed by atoms with Crippen molar-refractivity contribution in [2.24, 2.45) is 0 Å². The molecule has 0 radical (unpaired) electrons. The summed E-state index contributed by atoms with van der Waals surface area (Å²) in [6, 6.07) is 0. The van der Waals surface area contributed by atoms with Crippen LogP contribution in [0.5, 0.6) is 23.0 Å². The molecule has 0 bridgehead atoms. The third-order valence-electron chi connectivity index (χ3n) is 5.42. The third-order valence-corrected chi connectivity index (χ3v) is 5.42. The van der Waals surface area contributed by atoms with Crippen LogP contribution in [0.3, 0.4) is 0 Å². The number of ether oxygens (including phenoxy) is 6. The summed E-state index contributed by atoms with van der Waals surface area (Å²) in [6.07, 6.45) is 0. The molecular weight excluding hydrogens is 674 g/mol. The molecule has 0 unspecified atom stereocenters. The third kappa shape index (κ3) is 7.77. The van der Waals surface area contributed by atoms with E-state index in [0.717, 1.165) is 0 Å². The van der Waals surface area contributed by atoms with Crippen LogP contribution in [-0.4, -0.2) is 52.9 Å². The predicted octanol–water partition coefficient (Wildman–Crippen LogP) is 6.58. The second kappa shape index (κ2) is 15.9.